The number of thiocarbonyl (C=S) groups is 2. The van der Waals surface area contributed by atoms with E-state index < -0.39 is 11.8 Å². The standard InChI is InChI=1S/C10H16N6O2S2/c17-7(13-15-9(19)11-5-1-2-5)8(18)14-16-10(20)12-6-3-4-6/h5-6H,1-4H2,(H,13,17)(H,14,18)(H2,11,15,19)(H2,12,16,20). The van der Waals surface area contributed by atoms with Crippen molar-refractivity contribution in [3.05, 3.63) is 0 Å². The predicted molar refractivity (Wildman–Crippen MR) is 80.1 cm³/mol. The van der Waals surface area contributed by atoms with E-state index in [2.05, 4.69) is 32.3 Å². The van der Waals surface area contributed by atoms with Gasteiger partial charge in [-0.05, 0) is 50.1 Å². The highest BCUT2D eigenvalue weighted by Crippen LogP contribution is 2.18. The van der Waals surface area contributed by atoms with Crippen LogP contribution in [-0.2, 0) is 9.59 Å². The van der Waals surface area contributed by atoms with E-state index in [1.165, 1.54) is 0 Å². The molecule has 0 aromatic rings. The van der Waals surface area contributed by atoms with Crippen molar-refractivity contribution in [1.82, 2.24) is 32.3 Å². The first-order chi connectivity index (χ1) is 9.54. The maximum Gasteiger partial charge on any atom is 0.329 e. The van der Waals surface area contributed by atoms with Crippen molar-refractivity contribution in [2.24, 2.45) is 0 Å². The molecule has 0 aromatic carbocycles. The minimum Gasteiger partial charge on any atom is -0.359 e. The molecule has 0 bridgehead atoms. The SMILES string of the molecule is O=C(NNC(=S)NC1CC1)C(=O)NNC(=S)NC1CC1. The van der Waals surface area contributed by atoms with E-state index in [1.807, 2.05) is 0 Å². The Morgan fingerprint density at radius 2 is 1.05 bits per heavy atom. The molecule has 2 amide bonds. The molecule has 20 heavy (non-hydrogen) atoms. The summed E-state index contributed by atoms with van der Waals surface area (Å²) >= 11 is 9.84. The first-order valence-electron chi connectivity index (χ1n) is 6.28. The van der Waals surface area contributed by atoms with E-state index >= 15 is 0 Å². The van der Waals surface area contributed by atoms with E-state index in [9.17, 15) is 9.59 Å². The molecule has 8 nitrogen and oxygen atoms in total. The summed E-state index contributed by atoms with van der Waals surface area (Å²) in [6.07, 6.45) is 4.24. The van der Waals surface area contributed by atoms with Crippen molar-refractivity contribution >= 4 is 46.5 Å². The average Bonchev–Trinajstić information content (AvgIpc) is 3.29. The molecule has 0 aromatic heterocycles. The highest BCUT2D eigenvalue weighted by Gasteiger charge is 2.23. The number of nitrogens with one attached hydrogen (secondary N) is 6. The Hall–Kier alpha value is -1.68. The van der Waals surface area contributed by atoms with Crippen LogP contribution in [0.2, 0.25) is 0 Å². The topological polar surface area (TPSA) is 106 Å². The summed E-state index contributed by atoms with van der Waals surface area (Å²) in [4.78, 5) is 22.8. The zero-order valence-corrected chi connectivity index (χ0v) is 12.2. The van der Waals surface area contributed by atoms with Gasteiger partial charge in [0, 0.05) is 12.1 Å². The third-order valence-corrected chi connectivity index (χ3v) is 3.05. The molecular formula is C10H16N6O2S2. The van der Waals surface area contributed by atoms with Gasteiger partial charge < -0.3 is 10.6 Å². The van der Waals surface area contributed by atoms with Crippen molar-refractivity contribution in [2.75, 3.05) is 0 Å². The van der Waals surface area contributed by atoms with Crippen LogP contribution in [0, 0.1) is 0 Å². The van der Waals surface area contributed by atoms with Crippen molar-refractivity contribution in [1.29, 1.82) is 0 Å². The number of carbonyl (C=O) groups is 2. The minimum atomic E-state index is -0.869. The van der Waals surface area contributed by atoms with E-state index in [0.717, 1.165) is 25.7 Å². The van der Waals surface area contributed by atoms with Gasteiger partial charge in [0.15, 0.2) is 10.2 Å². The van der Waals surface area contributed by atoms with E-state index in [0.29, 0.717) is 12.1 Å². The zero-order valence-electron chi connectivity index (χ0n) is 10.6. The van der Waals surface area contributed by atoms with E-state index in [1.54, 1.807) is 0 Å². The van der Waals surface area contributed by atoms with Crippen molar-refractivity contribution in [2.45, 2.75) is 37.8 Å². The quantitative estimate of drug-likeness (QED) is 0.203. The van der Waals surface area contributed by atoms with Crippen molar-refractivity contribution in [3.63, 3.8) is 0 Å². The number of hydrogen-bond donors (Lipinski definition) is 6. The predicted octanol–water partition coefficient (Wildman–Crippen LogP) is -1.70. The van der Waals surface area contributed by atoms with Crippen LogP contribution in [0.3, 0.4) is 0 Å². The van der Waals surface area contributed by atoms with Crippen LogP contribution < -0.4 is 32.3 Å². The normalized spacial score (nSPS) is 16.6. The second-order valence-electron chi connectivity index (χ2n) is 4.65. The van der Waals surface area contributed by atoms with Crippen LogP contribution >= 0.6 is 24.4 Å². The zero-order chi connectivity index (χ0) is 14.5. The van der Waals surface area contributed by atoms with Crippen LogP contribution in [-0.4, -0.2) is 34.1 Å². The summed E-state index contributed by atoms with van der Waals surface area (Å²) in [5.41, 5.74) is 9.26. The van der Waals surface area contributed by atoms with Gasteiger partial charge in [-0.25, -0.2) is 0 Å². The van der Waals surface area contributed by atoms with Crippen LogP contribution in [0.25, 0.3) is 0 Å². The molecular weight excluding hydrogens is 300 g/mol. The van der Waals surface area contributed by atoms with Gasteiger partial charge in [0.2, 0.25) is 0 Å². The molecule has 0 atom stereocenters. The summed E-state index contributed by atoms with van der Waals surface area (Å²) in [5.74, 6) is -1.74. The van der Waals surface area contributed by atoms with Gasteiger partial charge in [-0.2, -0.15) is 0 Å². The van der Waals surface area contributed by atoms with Crippen LogP contribution in [0.1, 0.15) is 25.7 Å². The maximum atomic E-state index is 11.4. The molecule has 2 fully saturated rings. The van der Waals surface area contributed by atoms with Gasteiger partial charge in [-0.15, -0.1) is 0 Å². The smallest absolute Gasteiger partial charge is 0.329 e. The Labute approximate surface area is 126 Å². The Kier molecular flexibility index (Phi) is 4.90. The van der Waals surface area contributed by atoms with Crippen LogP contribution in [0.4, 0.5) is 0 Å². The summed E-state index contributed by atoms with van der Waals surface area (Å²) in [6.45, 7) is 0. The minimum absolute atomic E-state index is 0.285. The molecule has 0 spiro atoms. The molecule has 110 valence electrons. The lowest BCUT2D eigenvalue weighted by molar-refractivity contribution is -0.139. The second kappa shape index (κ2) is 6.66. The van der Waals surface area contributed by atoms with Gasteiger partial charge in [-0.3, -0.25) is 31.3 Å². The molecule has 6 N–H and O–H groups in total. The molecule has 2 aliphatic carbocycles. The molecule has 0 saturated heterocycles. The lowest BCUT2D eigenvalue weighted by Gasteiger charge is -2.12. The van der Waals surface area contributed by atoms with Gasteiger partial charge in [0.25, 0.3) is 0 Å². The Morgan fingerprint density at radius 3 is 1.35 bits per heavy atom. The largest absolute Gasteiger partial charge is 0.359 e. The number of hydrazine groups is 2. The number of rotatable bonds is 2. The van der Waals surface area contributed by atoms with Gasteiger partial charge in [-0.1, -0.05) is 0 Å². The molecule has 0 aliphatic heterocycles. The highest BCUT2D eigenvalue weighted by molar-refractivity contribution is 7.80. The lowest BCUT2D eigenvalue weighted by atomic mass is 10.6. The first kappa shape index (κ1) is 14.7. The fourth-order valence-electron chi connectivity index (χ4n) is 1.24. The molecule has 10 heteroatoms. The van der Waals surface area contributed by atoms with Crippen LogP contribution in [0.5, 0.6) is 0 Å². The van der Waals surface area contributed by atoms with Crippen molar-refractivity contribution < 1.29 is 9.59 Å². The summed E-state index contributed by atoms with van der Waals surface area (Å²) < 4.78 is 0. The van der Waals surface area contributed by atoms with Gasteiger partial charge in [0.05, 0.1) is 0 Å². The molecule has 2 aliphatic rings. The number of carbonyl (C=O) groups excluding carboxylic acids is 2. The Bertz CT molecular complexity index is 395. The third kappa shape index (κ3) is 5.53. The fraction of sp³-hybridized carbons (Fsp3) is 0.600. The molecule has 2 rings (SSSR count). The summed E-state index contributed by atoms with van der Waals surface area (Å²) in [5, 5.41) is 6.48. The maximum absolute atomic E-state index is 11.4. The molecule has 0 heterocycles. The Morgan fingerprint density at radius 1 is 0.700 bits per heavy atom. The average molecular weight is 316 g/mol. The van der Waals surface area contributed by atoms with Crippen LogP contribution in [0.15, 0.2) is 0 Å². The van der Waals surface area contributed by atoms with Gasteiger partial charge >= 0.3 is 11.8 Å². The van der Waals surface area contributed by atoms with Gasteiger partial charge in [0.1, 0.15) is 0 Å². The second-order valence-corrected chi connectivity index (χ2v) is 5.47. The van der Waals surface area contributed by atoms with E-state index in [4.69, 9.17) is 24.4 Å². The first-order valence-corrected chi connectivity index (χ1v) is 7.09. The number of amides is 2. The summed E-state index contributed by atoms with van der Waals surface area (Å²) in [7, 11) is 0. The Balaban J connectivity index is 1.56. The van der Waals surface area contributed by atoms with E-state index in [-0.39, 0.29) is 10.2 Å². The third-order valence-electron chi connectivity index (χ3n) is 2.61. The van der Waals surface area contributed by atoms with Crippen molar-refractivity contribution in [3.8, 4) is 0 Å². The molecule has 0 unspecified atom stereocenters. The monoisotopic (exact) mass is 316 g/mol. The fourth-order valence-corrected chi connectivity index (χ4v) is 1.67. The molecule has 2 saturated carbocycles. The lowest BCUT2D eigenvalue weighted by Crippen LogP contribution is -2.55. The number of hydrogen-bond acceptors (Lipinski definition) is 4. The summed E-state index contributed by atoms with van der Waals surface area (Å²) in [6, 6.07) is 0.738. The molecule has 0 radical (unpaired) electrons. The highest BCUT2D eigenvalue weighted by atomic mass is 32.1.